The number of aromatic hydroxyl groups is 1. The summed E-state index contributed by atoms with van der Waals surface area (Å²) in [4.78, 5) is 9.59. The van der Waals surface area contributed by atoms with Crippen molar-refractivity contribution in [2.24, 2.45) is 20.5 Å². The Balaban J connectivity index is 1.79. The molecule has 4 aromatic rings. The fraction of sp³-hybridized carbons (Fsp3) is 0. The molecule has 236 valence electrons. The van der Waals surface area contributed by atoms with Gasteiger partial charge in [-0.25, -0.2) is 4.79 Å². The number of nitrogens with zero attached hydrogens (tertiary/aromatic N) is 4. The minimum absolute atomic E-state index is 0.0570. The minimum Gasteiger partial charge on any atom is -0.505 e. The summed E-state index contributed by atoms with van der Waals surface area (Å²) in [6, 6.07) is 9.59. The molecule has 22 heteroatoms. The minimum atomic E-state index is -5.14. The van der Waals surface area contributed by atoms with Gasteiger partial charge in [0.1, 0.15) is 32.6 Å². The Morgan fingerprint density at radius 3 is 1.98 bits per heavy atom. The van der Waals surface area contributed by atoms with Crippen LogP contribution in [0.1, 0.15) is 10.4 Å². The first-order valence-electron chi connectivity index (χ1n) is 11.5. The largest absolute Gasteiger partial charge is 0.505 e. The highest BCUT2D eigenvalue weighted by molar-refractivity contribution is 7.89. The lowest BCUT2D eigenvalue weighted by Crippen LogP contribution is -2.01. The van der Waals surface area contributed by atoms with Crippen molar-refractivity contribution in [2.75, 3.05) is 0 Å². The number of benzene rings is 4. The number of hydrogen-bond donors (Lipinski definition) is 6. The second kappa shape index (κ2) is 12.4. The second-order valence-electron chi connectivity index (χ2n) is 8.57. The maximum absolute atomic E-state index is 12.1. The molecule has 0 unspecified atom stereocenters. The van der Waals surface area contributed by atoms with Gasteiger partial charge in [-0.3, -0.25) is 18.2 Å². The van der Waals surface area contributed by atoms with E-state index >= 15 is 0 Å². The number of carbonyl (C=O) groups is 1. The van der Waals surface area contributed by atoms with Crippen LogP contribution in [-0.4, -0.2) is 59.6 Å². The number of azo groups is 2. The average Bonchev–Trinajstić information content (AvgIpc) is 2.94. The van der Waals surface area contributed by atoms with Crippen LogP contribution < -0.4 is 4.18 Å². The molecule has 18 nitrogen and oxygen atoms in total. The summed E-state index contributed by atoms with van der Waals surface area (Å²) < 4.78 is 113. The third kappa shape index (κ3) is 7.58. The van der Waals surface area contributed by atoms with Crippen LogP contribution in [0.15, 0.2) is 95.8 Å². The van der Waals surface area contributed by atoms with Crippen LogP contribution in [0.25, 0.3) is 10.8 Å². The number of carboxylic acid groups (broad SMARTS) is 1. The van der Waals surface area contributed by atoms with Gasteiger partial charge in [0.25, 0.3) is 30.4 Å². The van der Waals surface area contributed by atoms with Crippen LogP contribution in [0.5, 0.6) is 11.5 Å². The maximum atomic E-state index is 12.1. The van der Waals surface area contributed by atoms with Gasteiger partial charge in [-0.2, -0.15) is 30.4 Å². The van der Waals surface area contributed by atoms with E-state index in [1.807, 2.05) is 0 Å². The molecular weight excluding hydrogens is 685 g/mol. The normalized spacial score (nSPS) is 12.7. The van der Waals surface area contributed by atoms with E-state index in [-0.39, 0.29) is 34.5 Å². The van der Waals surface area contributed by atoms with E-state index in [2.05, 4.69) is 20.5 Å². The molecule has 0 aliphatic heterocycles. The first-order chi connectivity index (χ1) is 20.9. The molecule has 0 saturated carbocycles. The Morgan fingerprint density at radius 1 is 0.711 bits per heavy atom. The van der Waals surface area contributed by atoms with E-state index in [9.17, 15) is 53.9 Å². The molecule has 0 aliphatic carbocycles. The average molecular weight is 701 g/mol. The molecule has 45 heavy (non-hydrogen) atoms. The zero-order valence-corrected chi connectivity index (χ0v) is 24.9. The van der Waals surface area contributed by atoms with Crippen LogP contribution in [0.3, 0.4) is 0 Å². The molecule has 0 bridgehead atoms. The highest BCUT2D eigenvalue weighted by Gasteiger charge is 2.24. The lowest BCUT2D eigenvalue weighted by atomic mass is 10.1. The van der Waals surface area contributed by atoms with Crippen molar-refractivity contribution in [3.05, 3.63) is 66.2 Å². The van der Waals surface area contributed by atoms with Gasteiger partial charge in [0.2, 0.25) is 12.3 Å². The summed E-state index contributed by atoms with van der Waals surface area (Å²) in [5.74, 6) is -2.56. The molecule has 0 heterocycles. The second-order valence-corrected chi connectivity index (χ2v) is 13.1. The van der Waals surface area contributed by atoms with E-state index in [1.54, 1.807) is 0 Å². The Kier molecular flexibility index (Phi) is 9.22. The molecule has 0 amide bonds. The van der Waals surface area contributed by atoms with Gasteiger partial charge in [0.15, 0.2) is 5.75 Å². The number of phenols is 1. The standard InChI is InChI=1S/C23H16N4O14S4/c28-22-15-4-3-14(43(32,33)34)7-11(15)8-20(45(38,39)40)21(22)27-25-17-5-1-12(9-16(17)23(29)30)24-26-18-10-13(41-42-31)2-6-19(18)44(35,36)37/h1-10,28,31H,(H,29,30)(H,32,33,34)(H,35,36,37)(H,38,39,40). The molecule has 0 aromatic heterocycles. The van der Waals surface area contributed by atoms with Crippen LogP contribution in [0.4, 0.5) is 22.7 Å². The Morgan fingerprint density at radius 2 is 1.38 bits per heavy atom. The fourth-order valence-electron chi connectivity index (χ4n) is 3.73. The van der Waals surface area contributed by atoms with Crippen LogP contribution in [0, 0.1) is 0 Å². The van der Waals surface area contributed by atoms with Gasteiger partial charge in [-0.15, -0.1) is 15.3 Å². The molecule has 6 N–H and O–H groups in total. The number of carboxylic acids is 1. The topological polar surface area (TPSA) is 300 Å². The van der Waals surface area contributed by atoms with Crippen molar-refractivity contribution in [1.29, 1.82) is 0 Å². The summed E-state index contributed by atoms with van der Waals surface area (Å²) in [5.41, 5.74) is -2.48. The highest BCUT2D eigenvalue weighted by Crippen LogP contribution is 2.42. The molecule has 0 spiro atoms. The molecule has 0 aliphatic rings. The first-order valence-corrected chi connectivity index (χ1v) is 16.5. The molecule has 4 aromatic carbocycles. The van der Waals surface area contributed by atoms with Gasteiger partial charge in [-0.05, 0) is 60.0 Å². The van der Waals surface area contributed by atoms with Gasteiger partial charge in [-0.1, -0.05) is 0 Å². The molecule has 0 fully saturated rings. The zero-order valence-electron chi connectivity index (χ0n) is 21.6. The Bertz CT molecular complexity index is 2260. The van der Waals surface area contributed by atoms with Crippen molar-refractivity contribution in [1.82, 2.24) is 0 Å². The van der Waals surface area contributed by atoms with Crippen LogP contribution in [-0.2, 0) is 30.4 Å². The number of hydrogen-bond acceptors (Lipinski definition) is 15. The molecule has 4 rings (SSSR count). The fourth-order valence-corrected chi connectivity index (χ4v) is 5.70. The van der Waals surface area contributed by atoms with Crippen molar-refractivity contribution < 1.29 is 62.7 Å². The van der Waals surface area contributed by atoms with Gasteiger partial charge in [0.05, 0.1) is 16.1 Å². The first kappa shape index (κ1) is 33.3. The monoisotopic (exact) mass is 700 g/mol. The van der Waals surface area contributed by atoms with Crippen molar-refractivity contribution in [3.63, 3.8) is 0 Å². The van der Waals surface area contributed by atoms with Gasteiger partial charge >= 0.3 is 5.97 Å². The van der Waals surface area contributed by atoms with Gasteiger partial charge in [0, 0.05) is 11.5 Å². The summed E-state index contributed by atoms with van der Waals surface area (Å²) in [6.07, 6.45) is 0. The number of aromatic carboxylic acids is 1. The van der Waals surface area contributed by atoms with Crippen molar-refractivity contribution in [2.45, 2.75) is 14.7 Å². The molecule has 0 radical (unpaired) electrons. The van der Waals surface area contributed by atoms with E-state index in [4.69, 9.17) is 8.74 Å². The van der Waals surface area contributed by atoms with Crippen LogP contribution in [0.2, 0.25) is 0 Å². The lowest BCUT2D eigenvalue weighted by Gasteiger charge is -2.10. The summed E-state index contributed by atoms with van der Waals surface area (Å²) >= 11 is -0.0570. The summed E-state index contributed by atoms with van der Waals surface area (Å²) in [7, 11) is -14.7. The van der Waals surface area contributed by atoms with E-state index in [0.717, 1.165) is 60.7 Å². The number of fused-ring (bicyclic) bond motifs is 1. The highest BCUT2D eigenvalue weighted by atomic mass is 32.2. The number of rotatable bonds is 10. The van der Waals surface area contributed by atoms with E-state index < -0.39 is 79.4 Å². The SMILES string of the molecule is O=C(O)c1cc(N=Nc2cc(OSO)ccc2S(=O)(=O)O)ccc1N=Nc1c(S(=O)(=O)O)cc2cc(S(=O)(=O)O)ccc2c1O. The molecule has 0 atom stereocenters. The van der Waals surface area contributed by atoms with E-state index in [1.165, 1.54) is 0 Å². The van der Waals surface area contributed by atoms with Crippen molar-refractivity contribution >= 4 is 82.2 Å². The summed E-state index contributed by atoms with van der Waals surface area (Å²) in [5, 5.41) is 34.8. The molecular formula is C23H16N4O14S4. The van der Waals surface area contributed by atoms with Crippen molar-refractivity contribution in [3.8, 4) is 11.5 Å². The summed E-state index contributed by atoms with van der Waals surface area (Å²) in [6.45, 7) is 0. The zero-order chi connectivity index (χ0) is 33.3. The molecule has 0 saturated heterocycles. The smallest absolute Gasteiger partial charge is 0.338 e. The predicted molar refractivity (Wildman–Crippen MR) is 154 cm³/mol. The third-order valence-corrected chi connectivity index (χ3v) is 8.57. The maximum Gasteiger partial charge on any atom is 0.338 e. The predicted octanol–water partition coefficient (Wildman–Crippen LogP) is 5.31. The third-order valence-electron chi connectivity index (χ3n) is 5.68. The van der Waals surface area contributed by atoms with Gasteiger partial charge < -0.3 is 14.4 Å². The quantitative estimate of drug-likeness (QED) is 0.0693. The Hall–Kier alpha value is -4.55. The van der Waals surface area contributed by atoms with Crippen LogP contribution >= 0.6 is 12.3 Å². The Labute approximate surface area is 257 Å². The lowest BCUT2D eigenvalue weighted by molar-refractivity contribution is 0.0697. The van der Waals surface area contributed by atoms with E-state index in [0.29, 0.717) is 0 Å². The number of phenolic OH excluding ortho intramolecular Hbond substituents is 1.